The van der Waals surface area contributed by atoms with Gasteiger partial charge in [0, 0.05) is 23.2 Å². The average Bonchev–Trinajstić information content (AvgIpc) is 3.16. The Kier molecular flexibility index (Phi) is 5.98. The fraction of sp³-hybridized carbons (Fsp3) is 0.200. The number of aromatic amines is 1. The van der Waals surface area contributed by atoms with Crippen molar-refractivity contribution in [3.8, 4) is 11.5 Å². The van der Waals surface area contributed by atoms with E-state index in [1.165, 1.54) is 0 Å². The fourth-order valence-corrected chi connectivity index (χ4v) is 3.48. The van der Waals surface area contributed by atoms with Crippen LogP contribution in [0.3, 0.4) is 0 Å². The van der Waals surface area contributed by atoms with Crippen molar-refractivity contribution in [3.63, 3.8) is 0 Å². The maximum atomic E-state index is 12.7. The average molecular weight is 432 g/mol. The Hall–Kier alpha value is -4.00. The number of nitrogens with one attached hydrogen (secondary N) is 2. The zero-order valence-corrected chi connectivity index (χ0v) is 18.2. The van der Waals surface area contributed by atoms with Crippen LogP contribution in [0.5, 0.6) is 11.5 Å². The number of pyridine rings is 1. The molecule has 0 aliphatic carbocycles. The van der Waals surface area contributed by atoms with Gasteiger partial charge in [0.25, 0.3) is 11.5 Å². The van der Waals surface area contributed by atoms with Crippen molar-refractivity contribution < 1.29 is 18.7 Å². The largest absolute Gasteiger partial charge is 0.493 e. The third kappa shape index (κ3) is 4.51. The van der Waals surface area contributed by atoms with Crippen LogP contribution >= 0.6 is 0 Å². The van der Waals surface area contributed by atoms with E-state index in [1.807, 2.05) is 37.3 Å². The minimum atomic E-state index is -0.394. The number of rotatable bonds is 7. The standard InChI is InChI=1S/C25H24N2O5/c1-15-8-9-17-12-18(24(28)27-20(17)10-15)13-26-25(29)23-16(2)11-19(32-23)14-31-22-7-5-4-6-21(22)30-3/h4-12H,13-14H2,1-3H3,(H,26,29)(H,27,28). The van der Waals surface area contributed by atoms with E-state index < -0.39 is 5.91 Å². The molecule has 0 aliphatic heterocycles. The Morgan fingerprint density at radius 3 is 2.62 bits per heavy atom. The summed E-state index contributed by atoms with van der Waals surface area (Å²) in [7, 11) is 1.57. The van der Waals surface area contributed by atoms with Crippen LogP contribution in [0.15, 0.2) is 63.8 Å². The molecule has 0 bridgehead atoms. The van der Waals surface area contributed by atoms with Gasteiger partial charge in [0.2, 0.25) is 0 Å². The Bertz CT molecular complexity index is 1340. The van der Waals surface area contributed by atoms with Crippen molar-refractivity contribution in [2.24, 2.45) is 0 Å². The number of amides is 1. The first-order valence-corrected chi connectivity index (χ1v) is 10.2. The highest BCUT2D eigenvalue weighted by Gasteiger charge is 2.17. The Morgan fingerprint density at radius 2 is 1.84 bits per heavy atom. The molecular weight excluding hydrogens is 408 g/mol. The first-order valence-electron chi connectivity index (χ1n) is 10.2. The second-order valence-corrected chi connectivity index (χ2v) is 7.56. The van der Waals surface area contributed by atoms with Gasteiger partial charge in [-0.25, -0.2) is 0 Å². The van der Waals surface area contributed by atoms with Crippen molar-refractivity contribution in [2.75, 3.05) is 7.11 Å². The Balaban J connectivity index is 1.43. The lowest BCUT2D eigenvalue weighted by molar-refractivity contribution is 0.0918. The lowest BCUT2D eigenvalue weighted by Crippen LogP contribution is -2.26. The number of methoxy groups -OCH3 is 1. The number of ether oxygens (including phenoxy) is 2. The predicted octanol–water partition coefficient (Wildman–Crippen LogP) is 4.26. The Morgan fingerprint density at radius 1 is 1.06 bits per heavy atom. The van der Waals surface area contributed by atoms with Crippen LogP contribution < -0.4 is 20.3 Å². The Labute approximate surface area is 185 Å². The summed E-state index contributed by atoms with van der Waals surface area (Å²) in [5.41, 5.74) is 2.76. The smallest absolute Gasteiger partial charge is 0.287 e. The molecule has 164 valence electrons. The molecule has 0 atom stereocenters. The van der Waals surface area contributed by atoms with Crippen molar-refractivity contribution >= 4 is 16.8 Å². The molecule has 4 rings (SSSR count). The number of carbonyl (C=O) groups is 1. The van der Waals surface area contributed by atoms with Gasteiger partial charge in [0.1, 0.15) is 12.4 Å². The molecule has 2 aromatic heterocycles. The number of furan rings is 1. The van der Waals surface area contributed by atoms with Crippen LogP contribution in [-0.4, -0.2) is 18.0 Å². The molecule has 0 aliphatic rings. The summed E-state index contributed by atoms with van der Waals surface area (Å²) >= 11 is 0. The second-order valence-electron chi connectivity index (χ2n) is 7.56. The molecule has 0 spiro atoms. The first kappa shape index (κ1) is 21.2. The van der Waals surface area contributed by atoms with E-state index >= 15 is 0 Å². The van der Waals surface area contributed by atoms with Gasteiger partial charge in [0.05, 0.1) is 7.11 Å². The lowest BCUT2D eigenvalue weighted by atomic mass is 10.1. The highest BCUT2D eigenvalue weighted by molar-refractivity contribution is 5.93. The third-order valence-corrected chi connectivity index (χ3v) is 5.13. The van der Waals surface area contributed by atoms with E-state index in [9.17, 15) is 9.59 Å². The number of benzene rings is 2. The van der Waals surface area contributed by atoms with Gasteiger partial charge in [-0.15, -0.1) is 0 Å². The molecule has 4 aromatic rings. The van der Waals surface area contributed by atoms with Crippen molar-refractivity contribution in [1.82, 2.24) is 10.3 Å². The zero-order valence-electron chi connectivity index (χ0n) is 18.2. The maximum absolute atomic E-state index is 12.7. The number of hydrogen-bond acceptors (Lipinski definition) is 5. The molecule has 2 aromatic carbocycles. The molecule has 1 amide bonds. The monoisotopic (exact) mass is 432 g/mol. The van der Waals surface area contributed by atoms with E-state index in [4.69, 9.17) is 13.9 Å². The van der Waals surface area contributed by atoms with Crippen LogP contribution in [-0.2, 0) is 13.2 Å². The fourth-order valence-electron chi connectivity index (χ4n) is 3.48. The minimum absolute atomic E-state index is 0.0885. The summed E-state index contributed by atoms with van der Waals surface area (Å²) in [6.45, 7) is 3.99. The second kappa shape index (κ2) is 9.01. The molecule has 32 heavy (non-hydrogen) atoms. The highest BCUT2D eigenvalue weighted by atomic mass is 16.5. The van der Waals surface area contributed by atoms with Gasteiger partial charge in [-0.05, 0) is 55.1 Å². The third-order valence-electron chi connectivity index (χ3n) is 5.13. The van der Waals surface area contributed by atoms with Crippen molar-refractivity contribution in [1.29, 1.82) is 0 Å². The lowest BCUT2D eigenvalue weighted by Gasteiger charge is -2.08. The van der Waals surface area contributed by atoms with E-state index in [1.54, 1.807) is 38.3 Å². The maximum Gasteiger partial charge on any atom is 0.287 e. The van der Waals surface area contributed by atoms with E-state index in [2.05, 4.69) is 10.3 Å². The number of carbonyl (C=O) groups excluding carboxylic acids is 1. The number of fused-ring (bicyclic) bond motifs is 1. The highest BCUT2D eigenvalue weighted by Crippen LogP contribution is 2.27. The molecule has 0 unspecified atom stereocenters. The summed E-state index contributed by atoms with van der Waals surface area (Å²) in [4.78, 5) is 27.9. The number of para-hydroxylation sites is 2. The number of H-pyrrole nitrogens is 1. The summed E-state index contributed by atoms with van der Waals surface area (Å²) in [6.07, 6.45) is 0. The van der Waals surface area contributed by atoms with Gasteiger partial charge in [-0.3, -0.25) is 9.59 Å². The number of aryl methyl sites for hydroxylation is 2. The van der Waals surface area contributed by atoms with Gasteiger partial charge in [0.15, 0.2) is 17.3 Å². The number of aromatic nitrogens is 1. The minimum Gasteiger partial charge on any atom is -0.493 e. The van der Waals surface area contributed by atoms with Crippen LogP contribution in [0.4, 0.5) is 0 Å². The zero-order chi connectivity index (χ0) is 22.7. The molecule has 7 nitrogen and oxygen atoms in total. The van der Waals surface area contributed by atoms with Crippen LogP contribution in [0.25, 0.3) is 10.9 Å². The molecule has 2 heterocycles. The van der Waals surface area contributed by atoms with E-state index in [0.717, 1.165) is 16.5 Å². The molecule has 7 heteroatoms. The van der Waals surface area contributed by atoms with Crippen molar-refractivity contribution in [3.05, 3.63) is 93.2 Å². The van der Waals surface area contributed by atoms with Gasteiger partial charge >= 0.3 is 0 Å². The molecule has 0 saturated carbocycles. The summed E-state index contributed by atoms with van der Waals surface area (Å²) in [6, 6.07) is 16.7. The molecule has 0 fully saturated rings. The topological polar surface area (TPSA) is 93.6 Å². The first-order chi connectivity index (χ1) is 15.4. The normalized spacial score (nSPS) is 10.8. The van der Waals surface area contributed by atoms with Gasteiger partial charge in [-0.1, -0.05) is 24.3 Å². The van der Waals surface area contributed by atoms with Crippen LogP contribution in [0.1, 0.15) is 33.0 Å². The van der Waals surface area contributed by atoms with E-state index in [0.29, 0.717) is 28.4 Å². The quantitative estimate of drug-likeness (QED) is 0.455. The molecule has 2 N–H and O–H groups in total. The van der Waals surface area contributed by atoms with E-state index in [-0.39, 0.29) is 24.5 Å². The van der Waals surface area contributed by atoms with Crippen molar-refractivity contribution in [2.45, 2.75) is 27.0 Å². The summed E-state index contributed by atoms with van der Waals surface area (Å²) in [5.74, 6) is 1.51. The van der Waals surface area contributed by atoms with Gasteiger partial charge in [-0.2, -0.15) is 0 Å². The molecular formula is C25H24N2O5. The van der Waals surface area contributed by atoms with Crippen LogP contribution in [0.2, 0.25) is 0 Å². The number of hydrogen-bond donors (Lipinski definition) is 2. The van der Waals surface area contributed by atoms with Crippen LogP contribution in [0, 0.1) is 13.8 Å². The van der Waals surface area contributed by atoms with Gasteiger partial charge < -0.3 is 24.2 Å². The predicted molar refractivity (Wildman–Crippen MR) is 121 cm³/mol. The molecule has 0 saturated heterocycles. The molecule has 0 radical (unpaired) electrons. The SMILES string of the molecule is COc1ccccc1OCc1cc(C)c(C(=O)NCc2cc3ccc(C)cc3[nH]c2=O)o1. The summed E-state index contributed by atoms with van der Waals surface area (Å²) < 4.78 is 16.7. The summed E-state index contributed by atoms with van der Waals surface area (Å²) in [5, 5.41) is 3.67.